The average Bonchev–Trinajstić information content (AvgIpc) is 2.55. The maximum atomic E-state index is 5.15. The van der Waals surface area contributed by atoms with Gasteiger partial charge in [-0.1, -0.05) is 0 Å². The fourth-order valence-electron chi connectivity index (χ4n) is 0.969. The quantitative estimate of drug-likeness (QED) is 0.671. The van der Waals surface area contributed by atoms with Gasteiger partial charge < -0.3 is 4.42 Å². The van der Waals surface area contributed by atoms with Crippen molar-refractivity contribution >= 4 is 0 Å². The number of rotatable bonds is 1. The van der Waals surface area contributed by atoms with Crippen LogP contribution in [0.4, 0.5) is 0 Å². The van der Waals surface area contributed by atoms with Crippen LogP contribution in [0, 0.1) is 6.92 Å². The first-order chi connectivity index (χ1) is 5.36. The molecule has 1 N–H and O–H groups in total. The molecule has 0 fully saturated rings. The minimum atomic E-state index is 0.800. The fourth-order valence-corrected chi connectivity index (χ4v) is 0.969. The predicted octanol–water partition coefficient (Wildman–Crippen LogP) is 1.98. The van der Waals surface area contributed by atoms with E-state index in [4.69, 9.17) is 4.42 Å². The molecule has 0 aromatic carbocycles. The normalized spacial score (nSPS) is 10.3. The highest BCUT2D eigenvalue weighted by Crippen LogP contribution is 2.16. The van der Waals surface area contributed by atoms with Crippen LogP contribution in [-0.2, 0) is 0 Å². The summed E-state index contributed by atoms with van der Waals surface area (Å²) in [5.74, 6) is 0.800. The summed E-state index contributed by atoms with van der Waals surface area (Å²) in [6.45, 7) is 1.96. The number of hydrogen-bond acceptors (Lipinski definition) is 2. The number of aromatic nitrogens is 2. The summed E-state index contributed by atoms with van der Waals surface area (Å²) in [7, 11) is 0. The van der Waals surface area contributed by atoms with Gasteiger partial charge in [-0.2, -0.15) is 5.10 Å². The molecule has 2 aromatic heterocycles. The molecule has 0 spiro atoms. The van der Waals surface area contributed by atoms with E-state index in [1.807, 2.05) is 25.1 Å². The lowest BCUT2D eigenvalue weighted by molar-refractivity contribution is 0.580. The number of hydrogen-bond donors (Lipinski definition) is 1. The summed E-state index contributed by atoms with van der Waals surface area (Å²) >= 11 is 0. The summed E-state index contributed by atoms with van der Waals surface area (Å²) in [6, 6.07) is 5.67. The maximum absolute atomic E-state index is 5.15. The molecule has 2 aromatic rings. The molecule has 0 saturated heterocycles. The van der Waals surface area contributed by atoms with Gasteiger partial charge in [-0.05, 0) is 25.1 Å². The van der Waals surface area contributed by atoms with Crippen LogP contribution < -0.4 is 0 Å². The van der Waals surface area contributed by atoms with Crippen molar-refractivity contribution in [3.63, 3.8) is 0 Å². The number of nitrogens with one attached hydrogen (secondary N) is 1. The van der Waals surface area contributed by atoms with Gasteiger partial charge in [0.2, 0.25) is 0 Å². The third kappa shape index (κ3) is 1.05. The van der Waals surface area contributed by atoms with E-state index in [1.165, 1.54) is 0 Å². The molecule has 3 nitrogen and oxygen atoms in total. The Labute approximate surface area is 64.0 Å². The molecule has 0 atom stereocenters. The predicted molar refractivity (Wildman–Crippen MR) is 41.0 cm³/mol. The van der Waals surface area contributed by atoms with Crippen molar-refractivity contribution < 1.29 is 4.42 Å². The van der Waals surface area contributed by atoms with Crippen LogP contribution in [0.3, 0.4) is 0 Å². The minimum absolute atomic E-state index is 0.800. The molecular formula is C8H8N2O. The van der Waals surface area contributed by atoms with Crippen molar-refractivity contribution in [2.75, 3.05) is 0 Å². The molecule has 56 valence electrons. The number of aromatic amines is 1. The SMILES string of the molecule is Cc1cc(-c2ccco2)n[nH]1. The number of furan rings is 1. The Hall–Kier alpha value is -1.51. The van der Waals surface area contributed by atoms with E-state index in [0.29, 0.717) is 0 Å². The molecule has 0 amide bonds. The van der Waals surface area contributed by atoms with Crippen LogP contribution >= 0.6 is 0 Å². The minimum Gasteiger partial charge on any atom is -0.463 e. The summed E-state index contributed by atoms with van der Waals surface area (Å²) < 4.78 is 5.15. The number of aryl methyl sites for hydroxylation is 1. The first-order valence-electron chi connectivity index (χ1n) is 3.42. The van der Waals surface area contributed by atoms with Crippen LogP contribution in [0.2, 0.25) is 0 Å². The van der Waals surface area contributed by atoms with Crippen LogP contribution in [0.5, 0.6) is 0 Å². The van der Waals surface area contributed by atoms with Crippen LogP contribution in [0.25, 0.3) is 11.5 Å². The van der Waals surface area contributed by atoms with Crippen LogP contribution in [-0.4, -0.2) is 10.2 Å². The standard InChI is InChI=1S/C8H8N2O/c1-6-5-7(10-9-6)8-3-2-4-11-8/h2-5H,1H3,(H,9,10). The zero-order valence-corrected chi connectivity index (χ0v) is 6.16. The van der Waals surface area contributed by atoms with E-state index >= 15 is 0 Å². The molecule has 0 aliphatic heterocycles. The Morgan fingerprint density at radius 3 is 3.00 bits per heavy atom. The highest BCUT2D eigenvalue weighted by molar-refractivity contribution is 5.51. The highest BCUT2D eigenvalue weighted by Gasteiger charge is 2.02. The van der Waals surface area contributed by atoms with Crippen molar-refractivity contribution in [2.45, 2.75) is 6.92 Å². The third-order valence-corrected chi connectivity index (χ3v) is 1.48. The topological polar surface area (TPSA) is 41.8 Å². The smallest absolute Gasteiger partial charge is 0.154 e. The third-order valence-electron chi connectivity index (χ3n) is 1.48. The first-order valence-corrected chi connectivity index (χ1v) is 3.42. The Balaban J connectivity index is 2.45. The molecule has 2 heterocycles. The summed E-state index contributed by atoms with van der Waals surface area (Å²) in [5.41, 5.74) is 1.89. The number of nitrogens with zero attached hydrogens (tertiary/aromatic N) is 1. The van der Waals surface area contributed by atoms with E-state index in [2.05, 4.69) is 10.2 Å². The van der Waals surface area contributed by atoms with Crippen molar-refractivity contribution in [3.8, 4) is 11.5 Å². The van der Waals surface area contributed by atoms with Crippen LogP contribution in [0.15, 0.2) is 28.9 Å². The number of H-pyrrole nitrogens is 1. The maximum Gasteiger partial charge on any atom is 0.154 e. The molecule has 11 heavy (non-hydrogen) atoms. The second-order valence-electron chi connectivity index (χ2n) is 2.41. The Bertz CT molecular complexity index is 335. The van der Waals surface area contributed by atoms with Gasteiger partial charge in [-0.15, -0.1) is 0 Å². The van der Waals surface area contributed by atoms with Gasteiger partial charge in [0.05, 0.1) is 6.26 Å². The van der Waals surface area contributed by atoms with E-state index in [9.17, 15) is 0 Å². The van der Waals surface area contributed by atoms with E-state index < -0.39 is 0 Å². The molecule has 3 heteroatoms. The lowest BCUT2D eigenvalue weighted by Gasteiger charge is -1.83. The summed E-state index contributed by atoms with van der Waals surface area (Å²) in [5, 5.41) is 6.89. The molecule has 2 rings (SSSR count). The average molecular weight is 148 g/mol. The Kier molecular flexibility index (Phi) is 1.28. The Morgan fingerprint density at radius 2 is 2.45 bits per heavy atom. The summed E-state index contributed by atoms with van der Waals surface area (Å²) in [4.78, 5) is 0. The molecular weight excluding hydrogens is 140 g/mol. The lowest BCUT2D eigenvalue weighted by atomic mass is 10.3. The van der Waals surface area contributed by atoms with Gasteiger partial charge in [0.15, 0.2) is 5.76 Å². The zero-order valence-electron chi connectivity index (χ0n) is 6.16. The van der Waals surface area contributed by atoms with Gasteiger partial charge in [-0.25, -0.2) is 0 Å². The van der Waals surface area contributed by atoms with Gasteiger partial charge >= 0.3 is 0 Å². The molecule has 0 aliphatic carbocycles. The van der Waals surface area contributed by atoms with Crippen LogP contribution in [0.1, 0.15) is 5.69 Å². The van der Waals surface area contributed by atoms with Gasteiger partial charge in [-0.3, -0.25) is 5.10 Å². The molecule has 0 aliphatic rings. The van der Waals surface area contributed by atoms with Gasteiger partial charge in [0.1, 0.15) is 5.69 Å². The summed E-state index contributed by atoms with van der Waals surface area (Å²) in [6.07, 6.45) is 1.64. The fraction of sp³-hybridized carbons (Fsp3) is 0.125. The molecule has 0 unspecified atom stereocenters. The van der Waals surface area contributed by atoms with Crippen molar-refractivity contribution in [1.29, 1.82) is 0 Å². The van der Waals surface area contributed by atoms with Crippen molar-refractivity contribution in [2.24, 2.45) is 0 Å². The second kappa shape index (κ2) is 2.27. The van der Waals surface area contributed by atoms with E-state index in [0.717, 1.165) is 17.1 Å². The van der Waals surface area contributed by atoms with Crippen molar-refractivity contribution in [1.82, 2.24) is 10.2 Å². The second-order valence-corrected chi connectivity index (χ2v) is 2.41. The first kappa shape index (κ1) is 6.22. The molecule has 0 bridgehead atoms. The van der Waals surface area contributed by atoms with E-state index in [-0.39, 0.29) is 0 Å². The lowest BCUT2D eigenvalue weighted by Crippen LogP contribution is -1.71. The molecule has 0 saturated carbocycles. The highest BCUT2D eigenvalue weighted by atomic mass is 16.3. The zero-order chi connectivity index (χ0) is 7.68. The van der Waals surface area contributed by atoms with Gasteiger partial charge in [0.25, 0.3) is 0 Å². The van der Waals surface area contributed by atoms with E-state index in [1.54, 1.807) is 6.26 Å². The molecule has 0 radical (unpaired) electrons. The Morgan fingerprint density at radius 1 is 1.55 bits per heavy atom. The van der Waals surface area contributed by atoms with Crippen molar-refractivity contribution in [3.05, 3.63) is 30.2 Å². The monoisotopic (exact) mass is 148 g/mol. The largest absolute Gasteiger partial charge is 0.463 e. The van der Waals surface area contributed by atoms with Gasteiger partial charge in [0, 0.05) is 5.69 Å².